The lowest BCUT2D eigenvalue weighted by atomic mass is 10.0. The van der Waals surface area contributed by atoms with Gasteiger partial charge in [0.1, 0.15) is 0 Å². The summed E-state index contributed by atoms with van der Waals surface area (Å²) in [4.78, 5) is 0. The van der Waals surface area contributed by atoms with Crippen molar-refractivity contribution in [3.8, 4) is 0 Å². The highest BCUT2D eigenvalue weighted by atomic mass is 35.5. The van der Waals surface area contributed by atoms with Crippen LogP contribution in [0.4, 0.5) is 0 Å². The van der Waals surface area contributed by atoms with Gasteiger partial charge in [-0.2, -0.15) is 0 Å². The zero-order valence-corrected chi connectivity index (χ0v) is 8.85. The predicted octanol–water partition coefficient (Wildman–Crippen LogP) is 3.37. The van der Waals surface area contributed by atoms with Crippen LogP contribution in [0, 0.1) is 0 Å². The maximum atomic E-state index is 6.10. The fraction of sp³-hybridized carbons (Fsp3) is 0.333. The minimum Gasteiger partial charge on any atom is -0.326 e. The molecule has 1 nitrogen and oxygen atoms in total. The van der Waals surface area contributed by atoms with Crippen molar-refractivity contribution in [2.24, 2.45) is 5.73 Å². The Bertz CT molecular complexity index is 369. The highest BCUT2D eigenvalue weighted by Gasteiger charge is 2.08. The Balaban J connectivity index is 2.32. The van der Waals surface area contributed by atoms with Crippen LogP contribution in [0.3, 0.4) is 0 Å². The van der Waals surface area contributed by atoms with E-state index in [1.807, 2.05) is 12.1 Å². The molecule has 0 heterocycles. The second-order valence-electron chi connectivity index (χ2n) is 3.63. The van der Waals surface area contributed by atoms with E-state index >= 15 is 0 Å². The van der Waals surface area contributed by atoms with E-state index in [9.17, 15) is 0 Å². The first-order chi connectivity index (χ1) is 6.81. The number of allylic oxidation sites excluding steroid dienone is 2. The standard InChI is InChI=1S/C12H14ClN/c13-12-7-10(5-6-11(12)8-14)9-3-1-2-4-9/h3,5-7H,1-2,4,8,14H2. The zero-order chi connectivity index (χ0) is 9.97. The molecule has 0 aromatic heterocycles. The number of halogens is 1. The van der Waals surface area contributed by atoms with Crippen molar-refractivity contribution in [1.29, 1.82) is 0 Å². The van der Waals surface area contributed by atoms with Gasteiger partial charge in [0, 0.05) is 11.6 Å². The summed E-state index contributed by atoms with van der Waals surface area (Å²) >= 11 is 6.10. The monoisotopic (exact) mass is 207 g/mol. The third-order valence-corrected chi connectivity index (χ3v) is 3.04. The van der Waals surface area contributed by atoms with Crippen molar-refractivity contribution < 1.29 is 0 Å². The van der Waals surface area contributed by atoms with E-state index in [2.05, 4.69) is 12.1 Å². The van der Waals surface area contributed by atoms with Crippen LogP contribution in [0.25, 0.3) is 5.57 Å². The van der Waals surface area contributed by atoms with Crippen molar-refractivity contribution in [3.05, 3.63) is 40.4 Å². The molecule has 0 bridgehead atoms. The highest BCUT2D eigenvalue weighted by Crippen LogP contribution is 2.30. The lowest BCUT2D eigenvalue weighted by Crippen LogP contribution is -1.97. The van der Waals surface area contributed by atoms with Crippen LogP contribution >= 0.6 is 11.6 Å². The maximum absolute atomic E-state index is 6.10. The first-order valence-corrected chi connectivity index (χ1v) is 5.37. The molecule has 1 aromatic rings. The van der Waals surface area contributed by atoms with Gasteiger partial charge in [0.15, 0.2) is 0 Å². The normalized spacial score (nSPS) is 15.7. The van der Waals surface area contributed by atoms with Crippen LogP contribution in [-0.4, -0.2) is 0 Å². The smallest absolute Gasteiger partial charge is 0.0456 e. The van der Waals surface area contributed by atoms with Crippen LogP contribution in [0.2, 0.25) is 5.02 Å². The maximum Gasteiger partial charge on any atom is 0.0456 e. The molecule has 0 radical (unpaired) electrons. The van der Waals surface area contributed by atoms with Crippen LogP contribution < -0.4 is 5.73 Å². The van der Waals surface area contributed by atoms with Gasteiger partial charge in [0.25, 0.3) is 0 Å². The van der Waals surface area contributed by atoms with Crippen molar-refractivity contribution in [3.63, 3.8) is 0 Å². The van der Waals surface area contributed by atoms with Gasteiger partial charge in [-0.1, -0.05) is 29.8 Å². The molecular weight excluding hydrogens is 194 g/mol. The molecule has 0 amide bonds. The highest BCUT2D eigenvalue weighted by molar-refractivity contribution is 6.31. The second kappa shape index (κ2) is 4.16. The second-order valence-corrected chi connectivity index (χ2v) is 4.04. The van der Waals surface area contributed by atoms with Crippen LogP contribution in [0.1, 0.15) is 30.4 Å². The fourth-order valence-electron chi connectivity index (χ4n) is 1.85. The lowest BCUT2D eigenvalue weighted by Gasteiger charge is -2.06. The number of hydrogen-bond acceptors (Lipinski definition) is 1. The minimum absolute atomic E-state index is 0.512. The number of nitrogens with two attached hydrogens (primary N) is 1. The summed E-state index contributed by atoms with van der Waals surface area (Å²) in [5.74, 6) is 0. The van der Waals surface area contributed by atoms with Crippen LogP contribution in [0.15, 0.2) is 24.3 Å². The summed E-state index contributed by atoms with van der Waals surface area (Å²) in [6, 6.07) is 6.17. The van der Waals surface area contributed by atoms with E-state index < -0.39 is 0 Å². The Morgan fingerprint density at radius 2 is 2.21 bits per heavy atom. The first-order valence-electron chi connectivity index (χ1n) is 4.99. The molecule has 0 saturated carbocycles. The summed E-state index contributed by atoms with van der Waals surface area (Å²) in [6.45, 7) is 0.512. The van der Waals surface area contributed by atoms with Gasteiger partial charge in [-0.25, -0.2) is 0 Å². The molecule has 14 heavy (non-hydrogen) atoms. The molecule has 2 N–H and O–H groups in total. The van der Waals surface area contributed by atoms with E-state index in [1.54, 1.807) is 0 Å². The van der Waals surface area contributed by atoms with Gasteiger partial charge in [-0.15, -0.1) is 0 Å². The fourth-order valence-corrected chi connectivity index (χ4v) is 2.10. The van der Waals surface area contributed by atoms with Gasteiger partial charge >= 0.3 is 0 Å². The first kappa shape index (κ1) is 9.75. The SMILES string of the molecule is NCc1ccc(C2=CCCC2)cc1Cl. The van der Waals surface area contributed by atoms with Gasteiger partial charge in [0.05, 0.1) is 0 Å². The molecule has 1 aliphatic carbocycles. The van der Waals surface area contributed by atoms with Gasteiger partial charge in [-0.05, 0) is 42.0 Å². The lowest BCUT2D eigenvalue weighted by molar-refractivity contribution is 0.935. The van der Waals surface area contributed by atoms with Crippen molar-refractivity contribution in [2.45, 2.75) is 25.8 Å². The Hall–Kier alpha value is -0.790. The van der Waals surface area contributed by atoms with Gasteiger partial charge < -0.3 is 5.73 Å². The van der Waals surface area contributed by atoms with Crippen molar-refractivity contribution in [2.75, 3.05) is 0 Å². The molecule has 1 aliphatic rings. The molecule has 0 aliphatic heterocycles. The average molecular weight is 208 g/mol. The summed E-state index contributed by atoms with van der Waals surface area (Å²) in [6.07, 6.45) is 5.95. The molecule has 1 aromatic carbocycles. The van der Waals surface area contributed by atoms with E-state index in [1.165, 1.54) is 30.4 Å². The topological polar surface area (TPSA) is 26.0 Å². The van der Waals surface area contributed by atoms with Crippen LogP contribution in [-0.2, 0) is 6.54 Å². The molecule has 0 spiro atoms. The number of hydrogen-bond donors (Lipinski definition) is 1. The Labute approximate surface area is 89.6 Å². The van der Waals surface area contributed by atoms with Crippen LogP contribution in [0.5, 0.6) is 0 Å². The summed E-state index contributed by atoms with van der Waals surface area (Å²) in [7, 11) is 0. The third-order valence-electron chi connectivity index (χ3n) is 2.68. The van der Waals surface area contributed by atoms with E-state index in [0.717, 1.165) is 10.6 Å². The van der Waals surface area contributed by atoms with Gasteiger partial charge in [-0.3, -0.25) is 0 Å². The Kier molecular flexibility index (Phi) is 2.90. The molecular formula is C12H14ClN. The predicted molar refractivity (Wildman–Crippen MR) is 61.2 cm³/mol. The van der Waals surface area contributed by atoms with E-state index in [4.69, 9.17) is 17.3 Å². The Morgan fingerprint density at radius 3 is 2.79 bits per heavy atom. The molecule has 0 fully saturated rings. The summed E-state index contributed by atoms with van der Waals surface area (Å²) < 4.78 is 0. The van der Waals surface area contributed by atoms with E-state index in [-0.39, 0.29) is 0 Å². The Morgan fingerprint density at radius 1 is 1.36 bits per heavy atom. The third kappa shape index (κ3) is 1.84. The van der Waals surface area contributed by atoms with Gasteiger partial charge in [0.2, 0.25) is 0 Å². The summed E-state index contributed by atoms with van der Waals surface area (Å²) in [5.41, 5.74) is 9.26. The number of rotatable bonds is 2. The summed E-state index contributed by atoms with van der Waals surface area (Å²) in [5, 5.41) is 0.790. The van der Waals surface area contributed by atoms with Crippen molar-refractivity contribution in [1.82, 2.24) is 0 Å². The molecule has 0 saturated heterocycles. The molecule has 2 heteroatoms. The number of benzene rings is 1. The molecule has 2 rings (SSSR count). The quantitative estimate of drug-likeness (QED) is 0.791. The minimum atomic E-state index is 0.512. The van der Waals surface area contributed by atoms with E-state index in [0.29, 0.717) is 6.54 Å². The molecule has 0 atom stereocenters. The molecule has 74 valence electrons. The van der Waals surface area contributed by atoms with Crippen molar-refractivity contribution >= 4 is 17.2 Å². The average Bonchev–Trinajstić information content (AvgIpc) is 2.70. The molecule has 0 unspecified atom stereocenters. The zero-order valence-electron chi connectivity index (χ0n) is 8.09. The largest absolute Gasteiger partial charge is 0.326 e.